The van der Waals surface area contributed by atoms with Gasteiger partial charge in [0.2, 0.25) is 5.91 Å². The van der Waals surface area contributed by atoms with Crippen LogP contribution in [0, 0.1) is 5.92 Å². The van der Waals surface area contributed by atoms with Gasteiger partial charge < -0.3 is 5.73 Å². The highest BCUT2D eigenvalue weighted by Gasteiger charge is 2.09. The second-order valence-corrected chi connectivity index (χ2v) is 3.47. The fourth-order valence-electron chi connectivity index (χ4n) is 1.53. The highest BCUT2D eigenvalue weighted by atomic mass is 35.5. The third-order valence-corrected chi connectivity index (χ3v) is 2.15. The van der Waals surface area contributed by atoms with Crippen LogP contribution in [-0.4, -0.2) is 5.91 Å². The van der Waals surface area contributed by atoms with Gasteiger partial charge in [0.25, 0.3) is 0 Å². The normalized spacial score (nSPS) is 11.8. The van der Waals surface area contributed by atoms with Gasteiger partial charge in [-0.15, -0.1) is 12.4 Å². The van der Waals surface area contributed by atoms with Crippen molar-refractivity contribution >= 4 is 18.3 Å². The molecule has 0 aromatic carbocycles. The van der Waals surface area contributed by atoms with E-state index in [0.717, 1.165) is 19.3 Å². The number of nitrogens with two attached hydrogens (primary N) is 1. The highest BCUT2D eigenvalue weighted by Crippen LogP contribution is 2.17. The molecule has 0 aliphatic heterocycles. The number of unbranched alkanes of at least 4 members (excludes halogenated alkanes) is 1. The molecular weight excluding hydrogens is 186 g/mol. The van der Waals surface area contributed by atoms with E-state index in [1.54, 1.807) is 0 Å². The number of carbonyl (C=O) groups excluding carboxylic acids is 1. The van der Waals surface area contributed by atoms with Gasteiger partial charge in [-0.05, 0) is 12.3 Å². The van der Waals surface area contributed by atoms with Crippen LogP contribution in [-0.2, 0) is 4.79 Å². The molecule has 2 N–H and O–H groups in total. The number of primary amides is 1. The number of hydrogen-bond acceptors (Lipinski definition) is 1. The van der Waals surface area contributed by atoms with Gasteiger partial charge in [-0.1, -0.05) is 39.5 Å². The van der Waals surface area contributed by atoms with E-state index in [0.29, 0.717) is 12.3 Å². The van der Waals surface area contributed by atoms with Crippen LogP contribution in [0.1, 0.15) is 52.4 Å². The number of carbonyl (C=O) groups is 1. The molecule has 3 heteroatoms. The van der Waals surface area contributed by atoms with E-state index in [-0.39, 0.29) is 18.3 Å². The maximum Gasteiger partial charge on any atom is 0.217 e. The van der Waals surface area contributed by atoms with Gasteiger partial charge in [0, 0.05) is 6.42 Å². The molecule has 1 amide bonds. The maximum atomic E-state index is 10.7. The molecule has 13 heavy (non-hydrogen) atoms. The Balaban J connectivity index is 0. The monoisotopic (exact) mass is 207 g/mol. The zero-order valence-corrected chi connectivity index (χ0v) is 9.53. The average Bonchev–Trinajstić information content (AvgIpc) is 2.00. The molecule has 0 fully saturated rings. The third kappa shape index (κ3) is 9.68. The van der Waals surface area contributed by atoms with E-state index in [9.17, 15) is 4.79 Å². The summed E-state index contributed by atoms with van der Waals surface area (Å²) in [5.74, 6) is 0.386. The van der Waals surface area contributed by atoms with Crippen molar-refractivity contribution in [1.82, 2.24) is 0 Å². The second-order valence-electron chi connectivity index (χ2n) is 3.47. The molecule has 0 saturated heterocycles. The molecule has 0 aromatic rings. The number of rotatable bonds is 7. The molecule has 0 saturated carbocycles. The zero-order valence-electron chi connectivity index (χ0n) is 8.71. The van der Waals surface area contributed by atoms with Crippen LogP contribution in [0.5, 0.6) is 0 Å². The summed E-state index contributed by atoms with van der Waals surface area (Å²) in [6, 6.07) is 0. The van der Waals surface area contributed by atoms with E-state index < -0.39 is 0 Å². The summed E-state index contributed by atoms with van der Waals surface area (Å²) in [6.45, 7) is 4.33. The first-order valence-corrected chi connectivity index (χ1v) is 4.99. The predicted molar refractivity (Wildman–Crippen MR) is 59.0 cm³/mol. The summed E-state index contributed by atoms with van der Waals surface area (Å²) in [5, 5.41) is 0. The maximum absolute atomic E-state index is 10.7. The van der Waals surface area contributed by atoms with Gasteiger partial charge in [0.1, 0.15) is 0 Å². The van der Waals surface area contributed by atoms with Crippen LogP contribution in [0.3, 0.4) is 0 Å². The summed E-state index contributed by atoms with van der Waals surface area (Å²) in [6.07, 6.45) is 6.46. The fourth-order valence-corrected chi connectivity index (χ4v) is 1.53. The standard InChI is InChI=1S/C10H21NO.ClH/c1-3-5-7-9(6-4-2)8-10(11)12;/h9H,3-8H2,1-2H3,(H2,11,12);1H. The van der Waals surface area contributed by atoms with Crippen molar-refractivity contribution in [3.8, 4) is 0 Å². The highest BCUT2D eigenvalue weighted by molar-refractivity contribution is 5.85. The zero-order chi connectivity index (χ0) is 9.40. The Morgan fingerprint density at radius 2 is 1.85 bits per heavy atom. The molecule has 0 heterocycles. The summed E-state index contributed by atoms with van der Waals surface area (Å²) in [7, 11) is 0. The Morgan fingerprint density at radius 3 is 2.23 bits per heavy atom. The minimum absolute atomic E-state index is 0. The van der Waals surface area contributed by atoms with Crippen molar-refractivity contribution in [2.45, 2.75) is 52.4 Å². The smallest absolute Gasteiger partial charge is 0.217 e. The van der Waals surface area contributed by atoms with E-state index in [4.69, 9.17) is 5.73 Å². The van der Waals surface area contributed by atoms with Crippen molar-refractivity contribution < 1.29 is 4.79 Å². The van der Waals surface area contributed by atoms with E-state index >= 15 is 0 Å². The first-order chi connectivity index (χ1) is 5.70. The lowest BCUT2D eigenvalue weighted by Crippen LogP contribution is -2.16. The summed E-state index contributed by atoms with van der Waals surface area (Å²) < 4.78 is 0. The van der Waals surface area contributed by atoms with E-state index in [2.05, 4.69) is 13.8 Å². The Morgan fingerprint density at radius 1 is 1.23 bits per heavy atom. The first-order valence-electron chi connectivity index (χ1n) is 4.99. The molecule has 0 spiro atoms. The van der Waals surface area contributed by atoms with Gasteiger partial charge in [-0.3, -0.25) is 4.79 Å². The number of hydrogen-bond donors (Lipinski definition) is 1. The molecule has 1 atom stereocenters. The summed E-state index contributed by atoms with van der Waals surface area (Å²) in [5.41, 5.74) is 5.16. The van der Waals surface area contributed by atoms with Crippen molar-refractivity contribution in [3.63, 3.8) is 0 Å². The lowest BCUT2D eigenvalue weighted by molar-refractivity contribution is -0.119. The molecule has 0 aromatic heterocycles. The van der Waals surface area contributed by atoms with Crippen LogP contribution in [0.2, 0.25) is 0 Å². The Kier molecular flexibility index (Phi) is 11.5. The minimum atomic E-state index is -0.149. The van der Waals surface area contributed by atoms with Crippen LogP contribution < -0.4 is 5.73 Å². The third-order valence-electron chi connectivity index (χ3n) is 2.15. The Labute approximate surface area is 87.7 Å². The van der Waals surface area contributed by atoms with Crippen molar-refractivity contribution in [3.05, 3.63) is 0 Å². The number of amides is 1. The summed E-state index contributed by atoms with van der Waals surface area (Å²) in [4.78, 5) is 10.7. The van der Waals surface area contributed by atoms with Gasteiger partial charge >= 0.3 is 0 Å². The first kappa shape index (κ1) is 15.2. The van der Waals surface area contributed by atoms with Crippen LogP contribution in [0.25, 0.3) is 0 Å². The Hall–Kier alpha value is -0.240. The predicted octanol–water partition coefficient (Wildman–Crippen LogP) is 2.89. The molecule has 0 rings (SSSR count). The van der Waals surface area contributed by atoms with Gasteiger partial charge in [-0.2, -0.15) is 0 Å². The topological polar surface area (TPSA) is 43.1 Å². The van der Waals surface area contributed by atoms with Gasteiger partial charge in [0.05, 0.1) is 0 Å². The SMILES string of the molecule is CCCCC(CCC)CC(N)=O.Cl. The second kappa shape index (κ2) is 9.85. The quantitative estimate of drug-likeness (QED) is 0.686. The van der Waals surface area contributed by atoms with Crippen LogP contribution in [0.15, 0.2) is 0 Å². The number of halogens is 1. The summed E-state index contributed by atoms with van der Waals surface area (Å²) >= 11 is 0. The fraction of sp³-hybridized carbons (Fsp3) is 0.900. The van der Waals surface area contributed by atoms with Crippen molar-refractivity contribution in [2.75, 3.05) is 0 Å². The van der Waals surface area contributed by atoms with Crippen molar-refractivity contribution in [1.29, 1.82) is 0 Å². The average molecular weight is 208 g/mol. The van der Waals surface area contributed by atoms with E-state index in [1.165, 1.54) is 12.8 Å². The molecule has 1 unspecified atom stereocenters. The molecule has 0 radical (unpaired) electrons. The molecule has 2 nitrogen and oxygen atoms in total. The molecule has 0 aliphatic carbocycles. The molecule has 80 valence electrons. The molecule has 0 bridgehead atoms. The Bertz CT molecular complexity index is 128. The minimum Gasteiger partial charge on any atom is -0.370 e. The van der Waals surface area contributed by atoms with Crippen LogP contribution >= 0.6 is 12.4 Å². The van der Waals surface area contributed by atoms with E-state index in [1.807, 2.05) is 0 Å². The largest absolute Gasteiger partial charge is 0.370 e. The van der Waals surface area contributed by atoms with Gasteiger partial charge in [0.15, 0.2) is 0 Å². The molecule has 0 aliphatic rings. The van der Waals surface area contributed by atoms with Crippen molar-refractivity contribution in [2.24, 2.45) is 11.7 Å². The molecular formula is C10H22ClNO. The lowest BCUT2D eigenvalue weighted by atomic mass is 9.94. The van der Waals surface area contributed by atoms with Crippen LogP contribution in [0.4, 0.5) is 0 Å². The lowest BCUT2D eigenvalue weighted by Gasteiger charge is -2.12. The van der Waals surface area contributed by atoms with Gasteiger partial charge in [-0.25, -0.2) is 0 Å².